The van der Waals surface area contributed by atoms with Crippen molar-refractivity contribution in [2.24, 2.45) is 0 Å². The monoisotopic (exact) mass is 235 g/mol. The van der Waals surface area contributed by atoms with Crippen molar-refractivity contribution in [3.05, 3.63) is 23.0 Å². The molecule has 0 unspecified atom stereocenters. The first-order chi connectivity index (χ1) is 6.99. The Kier molecular flexibility index (Phi) is 3.57. The van der Waals surface area contributed by atoms with Gasteiger partial charge in [-0.2, -0.15) is 0 Å². The number of carbonyl (C=O) groups is 1. The summed E-state index contributed by atoms with van der Waals surface area (Å²) in [6, 6.07) is 0. The summed E-state index contributed by atoms with van der Waals surface area (Å²) in [5.74, 6) is -0.00667. The van der Waals surface area contributed by atoms with Crippen molar-refractivity contribution < 1.29 is 18.3 Å². The Hall–Kier alpha value is -1.23. The lowest BCUT2D eigenvalue weighted by atomic mass is 10.1. The second-order valence-electron chi connectivity index (χ2n) is 2.78. The number of halogens is 3. The zero-order chi connectivity index (χ0) is 11.6. The molecule has 0 saturated heterocycles. The van der Waals surface area contributed by atoms with Crippen LogP contribution in [-0.2, 0) is 0 Å². The smallest absolute Gasteiger partial charge is 0.266 e. The van der Waals surface area contributed by atoms with Crippen LogP contribution < -0.4 is 4.74 Å². The predicted octanol–water partition coefficient (Wildman–Crippen LogP) is 2.72. The summed E-state index contributed by atoms with van der Waals surface area (Å²) in [6.07, 6.45) is -1.89. The van der Waals surface area contributed by atoms with Crippen LogP contribution in [0.15, 0.2) is 6.20 Å². The molecule has 6 heteroatoms. The average molecular weight is 236 g/mol. The van der Waals surface area contributed by atoms with Gasteiger partial charge in [-0.25, -0.2) is 8.78 Å². The molecule has 0 amide bonds. The van der Waals surface area contributed by atoms with E-state index in [0.717, 1.165) is 6.20 Å². The molecular formula is C9H8ClF2NO2. The van der Waals surface area contributed by atoms with E-state index in [4.69, 9.17) is 16.3 Å². The van der Waals surface area contributed by atoms with Crippen LogP contribution in [-0.4, -0.2) is 17.3 Å². The highest BCUT2D eigenvalue weighted by atomic mass is 35.5. The van der Waals surface area contributed by atoms with Crippen molar-refractivity contribution in [2.75, 3.05) is 7.11 Å². The van der Waals surface area contributed by atoms with Gasteiger partial charge in [0.05, 0.1) is 23.9 Å². The van der Waals surface area contributed by atoms with Gasteiger partial charge in [-0.3, -0.25) is 9.78 Å². The van der Waals surface area contributed by atoms with E-state index in [9.17, 15) is 13.6 Å². The van der Waals surface area contributed by atoms with Gasteiger partial charge in [-0.1, -0.05) is 0 Å². The minimum Gasteiger partial charge on any atom is -0.494 e. The first-order valence-electron chi connectivity index (χ1n) is 4.00. The molecule has 0 aliphatic carbocycles. The summed E-state index contributed by atoms with van der Waals surface area (Å²) in [5, 5.41) is -0.979. The average Bonchev–Trinajstić information content (AvgIpc) is 2.16. The topological polar surface area (TPSA) is 39.2 Å². The third-order valence-corrected chi connectivity index (χ3v) is 2.07. The lowest BCUT2D eigenvalue weighted by Gasteiger charge is -2.11. The van der Waals surface area contributed by atoms with Gasteiger partial charge in [0, 0.05) is 6.20 Å². The number of methoxy groups -OCH3 is 1. The molecule has 0 atom stereocenters. The summed E-state index contributed by atoms with van der Waals surface area (Å²) in [7, 11) is 1.27. The molecule has 1 aromatic heterocycles. The fraction of sp³-hybridized carbons (Fsp3) is 0.333. The molecule has 0 saturated carbocycles. The lowest BCUT2D eigenvalue weighted by molar-refractivity contribution is 0.106. The van der Waals surface area contributed by atoms with Crippen molar-refractivity contribution in [3.8, 4) is 5.75 Å². The number of ether oxygens (including phenoxy) is 1. The van der Waals surface area contributed by atoms with Crippen LogP contribution >= 0.6 is 11.6 Å². The zero-order valence-electron chi connectivity index (χ0n) is 8.05. The number of aromatic nitrogens is 1. The van der Waals surface area contributed by atoms with Gasteiger partial charge in [-0.05, 0) is 18.5 Å². The fourth-order valence-corrected chi connectivity index (χ4v) is 1.41. The summed E-state index contributed by atoms with van der Waals surface area (Å²) < 4.78 is 29.9. The molecule has 0 fully saturated rings. The Bertz CT molecular complexity index is 396. The van der Waals surface area contributed by atoms with Crippen LogP contribution in [0.4, 0.5) is 8.78 Å². The second-order valence-corrected chi connectivity index (χ2v) is 3.12. The van der Waals surface area contributed by atoms with Crippen LogP contribution in [0.5, 0.6) is 5.75 Å². The van der Waals surface area contributed by atoms with E-state index >= 15 is 0 Å². The maximum Gasteiger partial charge on any atom is 0.266 e. The van der Waals surface area contributed by atoms with Crippen LogP contribution in [0, 0.1) is 6.92 Å². The van der Waals surface area contributed by atoms with E-state index in [1.165, 1.54) is 14.0 Å². The third-order valence-electron chi connectivity index (χ3n) is 1.88. The van der Waals surface area contributed by atoms with Crippen molar-refractivity contribution in [1.82, 2.24) is 4.98 Å². The minimum atomic E-state index is -2.82. The number of nitrogens with zero attached hydrogens (tertiary/aromatic N) is 1. The molecular weight excluding hydrogens is 228 g/mol. The van der Waals surface area contributed by atoms with E-state index in [1.807, 2.05) is 0 Å². The molecule has 0 aliphatic rings. The Labute approximate surface area is 90.0 Å². The molecule has 0 aromatic carbocycles. The van der Waals surface area contributed by atoms with Gasteiger partial charge < -0.3 is 4.74 Å². The van der Waals surface area contributed by atoms with Crippen molar-refractivity contribution in [1.29, 1.82) is 0 Å². The Balaban J connectivity index is 3.49. The number of pyridine rings is 1. The first kappa shape index (κ1) is 11.8. The van der Waals surface area contributed by atoms with Crippen molar-refractivity contribution in [3.63, 3.8) is 0 Å². The third kappa shape index (κ3) is 2.23. The molecule has 1 heterocycles. The summed E-state index contributed by atoms with van der Waals surface area (Å²) in [6.45, 7) is 1.54. The van der Waals surface area contributed by atoms with Gasteiger partial charge in [-0.15, -0.1) is 0 Å². The Morgan fingerprint density at radius 1 is 1.60 bits per heavy atom. The zero-order valence-corrected chi connectivity index (χ0v) is 8.81. The predicted molar refractivity (Wildman–Crippen MR) is 50.7 cm³/mol. The van der Waals surface area contributed by atoms with Crippen molar-refractivity contribution in [2.45, 2.75) is 13.3 Å². The summed E-state index contributed by atoms with van der Waals surface area (Å²) >= 11 is 5.23. The highest BCUT2D eigenvalue weighted by Gasteiger charge is 2.23. The van der Waals surface area contributed by atoms with Crippen LogP contribution in [0.25, 0.3) is 0 Å². The van der Waals surface area contributed by atoms with Gasteiger partial charge in [0.15, 0.2) is 5.75 Å². The first-order valence-corrected chi connectivity index (χ1v) is 4.38. The van der Waals surface area contributed by atoms with Crippen LogP contribution in [0.3, 0.4) is 0 Å². The number of hydrogen-bond acceptors (Lipinski definition) is 3. The molecule has 1 rings (SSSR count). The van der Waals surface area contributed by atoms with Crippen LogP contribution in [0.2, 0.25) is 0 Å². The van der Waals surface area contributed by atoms with E-state index in [1.54, 1.807) is 0 Å². The van der Waals surface area contributed by atoms with E-state index in [2.05, 4.69) is 4.98 Å². The highest BCUT2D eigenvalue weighted by molar-refractivity contribution is 6.68. The largest absolute Gasteiger partial charge is 0.494 e. The van der Waals surface area contributed by atoms with E-state index < -0.39 is 17.2 Å². The molecule has 3 nitrogen and oxygen atoms in total. The van der Waals surface area contributed by atoms with Gasteiger partial charge in [0.1, 0.15) is 0 Å². The van der Waals surface area contributed by atoms with Gasteiger partial charge in [0.25, 0.3) is 11.7 Å². The number of hydrogen-bond donors (Lipinski definition) is 0. The molecule has 82 valence electrons. The molecule has 1 aromatic rings. The highest BCUT2D eigenvalue weighted by Crippen LogP contribution is 2.32. The van der Waals surface area contributed by atoms with Gasteiger partial charge in [0.2, 0.25) is 0 Å². The van der Waals surface area contributed by atoms with E-state index in [-0.39, 0.29) is 11.3 Å². The molecule has 15 heavy (non-hydrogen) atoms. The van der Waals surface area contributed by atoms with Crippen molar-refractivity contribution >= 4 is 16.8 Å². The lowest BCUT2D eigenvalue weighted by Crippen LogP contribution is -2.05. The molecule has 0 radical (unpaired) electrons. The van der Waals surface area contributed by atoms with E-state index in [0.29, 0.717) is 5.69 Å². The van der Waals surface area contributed by atoms with Crippen LogP contribution in [0.1, 0.15) is 28.0 Å². The molecule has 0 bridgehead atoms. The Morgan fingerprint density at radius 3 is 2.60 bits per heavy atom. The normalized spacial score (nSPS) is 10.5. The number of alkyl halides is 2. The minimum absolute atomic E-state index is 0.00667. The quantitative estimate of drug-likeness (QED) is 0.756. The molecule has 0 aliphatic heterocycles. The maximum absolute atomic E-state index is 12.5. The standard InChI is InChI=1S/C9H8ClF2NO2/c1-4-7(15-2)6(8(10)14)5(3-13-4)9(11)12/h3,9H,1-2H3. The summed E-state index contributed by atoms with van der Waals surface area (Å²) in [4.78, 5) is 14.7. The summed E-state index contributed by atoms with van der Waals surface area (Å²) in [5.41, 5.74) is -0.495. The SMILES string of the molecule is COc1c(C)ncc(C(F)F)c1C(=O)Cl. The number of carbonyl (C=O) groups excluding carboxylic acids is 1. The second kappa shape index (κ2) is 4.53. The van der Waals surface area contributed by atoms with Gasteiger partial charge >= 0.3 is 0 Å². The Morgan fingerprint density at radius 2 is 2.20 bits per heavy atom. The number of aryl methyl sites for hydroxylation is 1. The molecule has 0 N–H and O–H groups in total. The fourth-order valence-electron chi connectivity index (χ4n) is 1.22. The maximum atomic E-state index is 12.5. The molecule has 0 spiro atoms. The number of rotatable bonds is 3.